The Morgan fingerprint density at radius 3 is 2.52 bits per heavy atom. The minimum absolute atomic E-state index is 0.0521. The Bertz CT molecular complexity index is 1550. The molecule has 0 aliphatic carbocycles. The highest BCUT2D eigenvalue weighted by Crippen LogP contribution is 2.30. The number of benzene rings is 1. The van der Waals surface area contributed by atoms with Crippen LogP contribution in [-0.2, 0) is 20.9 Å². The third kappa shape index (κ3) is 7.92. The number of carbonyl (C=O) groups is 3. The number of anilines is 1. The molecule has 0 saturated carbocycles. The van der Waals surface area contributed by atoms with Crippen LogP contribution in [-0.4, -0.2) is 82.6 Å². The summed E-state index contributed by atoms with van der Waals surface area (Å²) in [5, 5.41) is 2.50. The first-order valence-electron chi connectivity index (χ1n) is 13.1. The lowest BCUT2D eigenvalue weighted by atomic mass is 10.1. The van der Waals surface area contributed by atoms with Gasteiger partial charge in [-0.05, 0) is 44.9 Å². The van der Waals surface area contributed by atoms with Gasteiger partial charge >= 0.3 is 6.09 Å². The molecule has 1 aromatic carbocycles. The SMILES string of the molecule is CC(C)Oc1c(F)c(F)cc2[nH]c(Cn3cccc(NC(=O)C(CCC=CC(=O)N(C)C)OC(=O)N(C)C)c3=O)nc12. The summed E-state index contributed by atoms with van der Waals surface area (Å²) >= 11 is 0. The number of hydrogen-bond acceptors (Lipinski definition) is 7. The lowest BCUT2D eigenvalue weighted by Gasteiger charge is -2.19. The average molecular weight is 589 g/mol. The van der Waals surface area contributed by atoms with Crippen LogP contribution >= 0.6 is 0 Å². The summed E-state index contributed by atoms with van der Waals surface area (Å²) in [4.78, 5) is 59.9. The number of H-pyrrole nitrogens is 1. The molecule has 0 radical (unpaired) electrons. The second kappa shape index (κ2) is 13.7. The van der Waals surface area contributed by atoms with E-state index in [1.54, 1.807) is 34.0 Å². The smallest absolute Gasteiger partial charge is 0.410 e. The van der Waals surface area contributed by atoms with Crippen molar-refractivity contribution in [3.8, 4) is 5.75 Å². The number of aromatic nitrogens is 3. The number of allylic oxidation sites excluding steroid dienone is 1. The van der Waals surface area contributed by atoms with Crippen molar-refractivity contribution in [2.24, 2.45) is 0 Å². The first-order chi connectivity index (χ1) is 19.8. The van der Waals surface area contributed by atoms with Crippen molar-refractivity contribution in [1.82, 2.24) is 24.3 Å². The number of fused-ring (bicyclic) bond motifs is 1. The molecular formula is C28H34F2N6O6. The van der Waals surface area contributed by atoms with Crippen molar-refractivity contribution in [1.29, 1.82) is 0 Å². The van der Waals surface area contributed by atoms with Crippen LogP contribution in [0.5, 0.6) is 5.75 Å². The van der Waals surface area contributed by atoms with Gasteiger partial charge in [-0.15, -0.1) is 0 Å². The number of amides is 3. The third-order valence-corrected chi connectivity index (χ3v) is 5.83. The molecule has 226 valence electrons. The summed E-state index contributed by atoms with van der Waals surface area (Å²) in [7, 11) is 6.12. The Morgan fingerprint density at radius 2 is 1.88 bits per heavy atom. The van der Waals surface area contributed by atoms with Gasteiger partial charge in [-0.3, -0.25) is 14.4 Å². The normalized spacial score (nSPS) is 12.0. The van der Waals surface area contributed by atoms with E-state index in [9.17, 15) is 28.0 Å². The maximum absolute atomic E-state index is 14.4. The van der Waals surface area contributed by atoms with Gasteiger partial charge in [0.25, 0.3) is 11.5 Å². The number of nitrogens with zero attached hydrogens (tertiary/aromatic N) is 4. The quantitative estimate of drug-likeness (QED) is 0.328. The van der Waals surface area contributed by atoms with Gasteiger partial charge in [-0.2, -0.15) is 4.39 Å². The lowest BCUT2D eigenvalue weighted by Crippen LogP contribution is -2.37. The number of ether oxygens (including phenoxy) is 2. The molecule has 2 N–H and O–H groups in total. The van der Waals surface area contributed by atoms with Gasteiger partial charge in [0.05, 0.1) is 18.2 Å². The summed E-state index contributed by atoms with van der Waals surface area (Å²) in [6, 6.07) is 3.85. The Balaban J connectivity index is 1.82. The van der Waals surface area contributed by atoms with Crippen molar-refractivity contribution in [3.63, 3.8) is 0 Å². The molecule has 0 fully saturated rings. The Morgan fingerprint density at radius 1 is 1.17 bits per heavy atom. The van der Waals surface area contributed by atoms with E-state index >= 15 is 0 Å². The predicted octanol–water partition coefficient (Wildman–Crippen LogP) is 3.27. The first kappa shape index (κ1) is 31.8. The standard InChI is InChI=1S/C28H34F2N6O6/c1-16(2)41-25-23(30)17(29)14-19-24(25)33-21(31-19)15-36-13-9-10-18(27(36)39)32-26(38)20(42-28(40)35(5)6)11-7-8-12-22(37)34(3)4/h8-10,12-14,16,20H,7,11,15H2,1-6H3,(H,31,33)(H,32,38). The average Bonchev–Trinajstić information content (AvgIpc) is 3.31. The van der Waals surface area contributed by atoms with E-state index in [2.05, 4.69) is 15.3 Å². The van der Waals surface area contributed by atoms with Crippen LogP contribution < -0.4 is 15.6 Å². The van der Waals surface area contributed by atoms with E-state index in [-0.39, 0.29) is 53.6 Å². The Hall–Kier alpha value is -4.75. The fourth-order valence-electron chi connectivity index (χ4n) is 3.72. The molecule has 1 unspecified atom stereocenters. The van der Waals surface area contributed by atoms with E-state index < -0.39 is 41.4 Å². The molecule has 0 spiro atoms. The fraction of sp³-hybridized carbons (Fsp3) is 0.393. The van der Waals surface area contributed by atoms with E-state index in [1.807, 2.05) is 0 Å². The van der Waals surface area contributed by atoms with Gasteiger partial charge in [0.2, 0.25) is 11.7 Å². The minimum atomic E-state index is -1.26. The topological polar surface area (TPSA) is 139 Å². The van der Waals surface area contributed by atoms with Crippen LogP contribution in [0.4, 0.5) is 19.3 Å². The van der Waals surface area contributed by atoms with Gasteiger partial charge in [0, 0.05) is 40.5 Å². The van der Waals surface area contributed by atoms with E-state index in [1.165, 1.54) is 48.0 Å². The van der Waals surface area contributed by atoms with Gasteiger partial charge in [0.15, 0.2) is 17.7 Å². The van der Waals surface area contributed by atoms with Gasteiger partial charge in [-0.1, -0.05) is 6.08 Å². The molecule has 42 heavy (non-hydrogen) atoms. The van der Waals surface area contributed by atoms with Crippen molar-refractivity contribution >= 4 is 34.6 Å². The summed E-state index contributed by atoms with van der Waals surface area (Å²) in [5.41, 5.74) is -0.439. The number of nitrogens with one attached hydrogen (secondary N) is 2. The maximum atomic E-state index is 14.4. The van der Waals surface area contributed by atoms with Crippen LogP contribution in [0.2, 0.25) is 0 Å². The van der Waals surface area contributed by atoms with Crippen LogP contribution in [0.15, 0.2) is 41.3 Å². The zero-order valence-electron chi connectivity index (χ0n) is 24.2. The lowest BCUT2D eigenvalue weighted by molar-refractivity contribution is -0.125. The molecule has 3 rings (SSSR count). The molecule has 3 aromatic rings. The third-order valence-electron chi connectivity index (χ3n) is 5.83. The van der Waals surface area contributed by atoms with Crippen LogP contribution in [0.3, 0.4) is 0 Å². The van der Waals surface area contributed by atoms with E-state index in [0.29, 0.717) is 0 Å². The second-order valence-corrected chi connectivity index (χ2v) is 10.1. The van der Waals surface area contributed by atoms with Crippen LogP contribution in [0, 0.1) is 11.6 Å². The zero-order chi connectivity index (χ0) is 31.1. The molecule has 0 aliphatic heterocycles. The minimum Gasteiger partial charge on any atom is -0.486 e. The highest BCUT2D eigenvalue weighted by Gasteiger charge is 2.25. The van der Waals surface area contributed by atoms with Crippen molar-refractivity contribution in [2.45, 2.75) is 45.4 Å². The number of halogens is 2. The second-order valence-electron chi connectivity index (χ2n) is 10.1. The molecule has 12 nitrogen and oxygen atoms in total. The molecule has 1 atom stereocenters. The van der Waals surface area contributed by atoms with Crippen molar-refractivity contribution < 1.29 is 32.6 Å². The summed E-state index contributed by atoms with van der Waals surface area (Å²) in [6.07, 6.45) is 2.20. The Kier molecular flexibility index (Phi) is 10.4. The number of aromatic amines is 1. The molecular weight excluding hydrogens is 554 g/mol. The molecule has 0 bridgehead atoms. The molecule has 2 heterocycles. The number of rotatable bonds is 11. The number of likely N-dealkylation sites (N-methyl/N-ethyl adjacent to an activating group) is 1. The zero-order valence-corrected chi connectivity index (χ0v) is 24.2. The molecule has 14 heteroatoms. The van der Waals surface area contributed by atoms with Crippen LogP contribution in [0.25, 0.3) is 11.0 Å². The number of pyridine rings is 1. The molecule has 0 saturated heterocycles. The predicted molar refractivity (Wildman–Crippen MR) is 151 cm³/mol. The van der Waals surface area contributed by atoms with E-state index in [0.717, 1.165) is 11.0 Å². The van der Waals surface area contributed by atoms with Gasteiger partial charge in [0.1, 0.15) is 17.0 Å². The number of imidazole rings is 1. The monoisotopic (exact) mass is 588 g/mol. The highest BCUT2D eigenvalue weighted by molar-refractivity contribution is 5.95. The maximum Gasteiger partial charge on any atom is 0.410 e. The van der Waals surface area contributed by atoms with E-state index in [4.69, 9.17) is 9.47 Å². The highest BCUT2D eigenvalue weighted by atomic mass is 19.2. The number of hydrogen-bond donors (Lipinski definition) is 2. The first-order valence-corrected chi connectivity index (χ1v) is 13.1. The van der Waals surface area contributed by atoms with Gasteiger partial charge in [-0.25, -0.2) is 14.2 Å². The molecule has 2 aromatic heterocycles. The Labute approximate surface area is 240 Å². The summed E-state index contributed by atoms with van der Waals surface area (Å²) in [6.45, 7) is 3.21. The largest absolute Gasteiger partial charge is 0.486 e. The summed E-state index contributed by atoms with van der Waals surface area (Å²) < 4.78 is 40.5. The van der Waals surface area contributed by atoms with Crippen molar-refractivity contribution in [3.05, 3.63) is 64.4 Å². The fourth-order valence-corrected chi connectivity index (χ4v) is 3.72. The van der Waals surface area contributed by atoms with Crippen LogP contribution in [0.1, 0.15) is 32.5 Å². The summed E-state index contributed by atoms with van der Waals surface area (Å²) in [5.74, 6) is -3.38. The van der Waals surface area contributed by atoms with Crippen molar-refractivity contribution in [2.75, 3.05) is 33.5 Å². The molecule has 0 aliphatic rings. The number of carbonyl (C=O) groups excluding carboxylic acids is 3. The van der Waals surface area contributed by atoms with Gasteiger partial charge < -0.3 is 34.1 Å². The molecule has 3 amide bonds.